The van der Waals surface area contributed by atoms with Crippen LogP contribution in [0.4, 0.5) is 13.2 Å². The van der Waals surface area contributed by atoms with Gasteiger partial charge in [-0.2, -0.15) is 13.2 Å². The molecule has 0 aromatic carbocycles. The molecule has 1 aliphatic rings. The summed E-state index contributed by atoms with van der Waals surface area (Å²) < 4.78 is 37.3. The lowest BCUT2D eigenvalue weighted by Gasteiger charge is -2.26. The largest absolute Gasteiger partial charge is 0.401 e. The minimum Gasteiger partial charge on any atom is -0.356 e. The fourth-order valence-corrected chi connectivity index (χ4v) is 2.52. The second-order valence-electron chi connectivity index (χ2n) is 6.65. The van der Waals surface area contributed by atoms with E-state index in [1.54, 1.807) is 7.05 Å². The van der Waals surface area contributed by atoms with Crippen LogP contribution in [0, 0.1) is 5.41 Å². The summed E-state index contributed by atoms with van der Waals surface area (Å²) in [7, 11) is 1.59. The molecule has 0 radical (unpaired) electrons. The molecule has 0 spiro atoms. The molecule has 0 bridgehead atoms. The molecular formula is C15H29F3IN5O. The summed E-state index contributed by atoms with van der Waals surface area (Å²) in [5, 5.41) is 8.98. The Hall–Kier alpha value is -0.780. The summed E-state index contributed by atoms with van der Waals surface area (Å²) in [6.07, 6.45) is -3.55. The number of hydrogen-bond donors (Lipinski definition) is 3. The maximum absolute atomic E-state index is 12.4. The second-order valence-corrected chi connectivity index (χ2v) is 6.65. The summed E-state index contributed by atoms with van der Waals surface area (Å²) in [4.78, 5) is 17.4. The van der Waals surface area contributed by atoms with E-state index in [2.05, 4.69) is 20.9 Å². The van der Waals surface area contributed by atoms with Gasteiger partial charge in [0.15, 0.2) is 5.96 Å². The van der Waals surface area contributed by atoms with Gasteiger partial charge in [-0.3, -0.25) is 14.7 Å². The molecule has 1 amide bonds. The number of nitrogens with zero attached hydrogens (tertiary/aromatic N) is 2. The third kappa shape index (κ3) is 8.93. The van der Waals surface area contributed by atoms with Crippen LogP contribution in [-0.4, -0.2) is 68.8 Å². The number of amides is 1. The average Bonchev–Trinajstić information content (AvgIpc) is 2.88. The van der Waals surface area contributed by atoms with Crippen LogP contribution < -0.4 is 16.0 Å². The van der Waals surface area contributed by atoms with Crippen LogP contribution in [-0.2, 0) is 4.79 Å². The monoisotopic (exact) mass is 479 g/mol. The molecule has 10 heteroatoms. The van der Waals surface area contributed by atoms with Crippen molar-refractivity contribution in [3.8, 4) is 0 Å². The first-order valence-corrected chi connectivity index (χ1v) is 8.12. The molecule has 0 saturated carbocycles. The summed E-state index contributed by atoms with van der Waals surface area (Å²) >= 11 is 0. The Kier molecular flexibility index (Phi) is 10.1. The van der Waals surface area contributed by atoms with Gasteiger partial charge in [-0.25, -0.2) is 0 Å². The topological polar surface area (TPSA) is 68.8 Å². The molecule has 6 nitrogen and oxygen atoms in total. The first-order chi connectivity index (χ1) is 11.1. The van der Waals surface area contributed by atoms with Crippen LogP contribution in [0.3, 0.4) is 0 Å². The van der Waals surface area contributed by atoms with Gasteiger partial charge in [0.1, 0.15) is 0 Å². The lowest BCUT2D eigenvalue weighted by Crippen LogP contribution is -2.50. The number of nitrogens with one attached hydrogen (secondary N) is 3. The molecule has 1 rings (SSSR count). The van der Waals surface area contributed by atoms with Crippen LogP contribution in [0.15, 0.2) is 4.99 Å². The van der Waals surface area contributed by atoms with Gasteiger partial charge in [-0.05, 0) is 27.2 Å². The lowest BCUT2D eigenvalue weighted by atomic mass is 9.92. The van der Waals surface area contributed by atoms with Gasteiger partial charge in [0.2, 0.25) is 5.91 Å². The van der Waals surface area contributed by atoms with E-state index >= 15 is 0 Å². The molecule has 1 saturated heterocycles. The van der Waals surface area contributed by atoms with Crippen molar-refractivity contribution in [2.75, 3.05) is 39.8 Å². The van der Waals surface area contributed by atoms with Gasteiger partial charge in [0, 0.05) is 39.3 Å². The van der Waals surface area contributed by atoms with Crippen molar-refractivity contribution in [2.24, 2.45) is 10.4 Å². The highest BCUT2D eigenvalue weighted by atomic mass is 127. The summed E-state index contributed by atoms with van der Waals surface area (Å²) in [6.45, 7) is 6.26. The Labute approximate surface area is 164 Å². The Morgan fingerprint density at radius 1 is 1.28 bits per heavy atom. The van der Waals surface area contributed by atoms with Crippen LogP contribution in [0.1, 0.15) is 27.2 Å². The molecule has 1 fully saturated rings. The highest BCUT2D eigenvalue weighted by molar-refractivity contribution is 14.0. The third-order valence-corrected chi connectivity index (χ3v) is 3.89. The van der Waals surface area contributed by atoms with Gasteiger partial charge in [-0.15, -0.1) is 24.0 Å². The molecule has 0 aromatic heterocycles. The number of carbonyl (C=O) groups is 1. The minimum absolute atomic E-state index is 0. The molecule has 1 atom stereocenters. The maximum Gasteiger partial charge on any atom is 0.401 e. The van der Waals surface area contributed by atoms with E-state index in [4.69, 9.17) is 0 Å². The van der Waals surface area contributed by atoms with E-state index in [9.17, 15) is 18.0 Å². The van der Waals surface area contributed by atoms with Gasteiger partial charge < -0.3 is 16.0 Å². The predicted octanol–water partition coefficient (Wildman–Crippen LogP) is 1.57. The zero-order valence-corrected chi connectivity index (χ0v) is 17.5. The molecule has 3 N–H and O–H groups in total. The first kappa shape index (κ1) is 24.2. The fourth-order valence-electron chi connectivity index (χ4n) is 2.52. The number of likely N-dealkylation sites (tertiary alicyclic amines) is 1. The average molecular weight is 479 g/mol. The molecule has 25 heavy (non-hydrogen) atoms. The molecule has 1 unspecified atom stereocenters. The minimum atomic E-state index is -4.18. The first-order valence-electron chi connectivity index (χ1n) is 8.12. The van der Waals surface area contributed by atoms with Crippen molar-refractivity contribution in [2.45, 2.75) is 39.4 Å². The van der Waals surface area contributed by atoms with Crippen LogP contribution in [0.5, 0.6) is 0 Å². The normalized spacial score (nSPS) is 19.3. The standard InChI is InChI=1S/C15H28F3N5O.HI/c1-5-20-12(24)14(2,3)9-21-13(19-4)22-11-6-7-23(8-11)10-15(16,17)18;/h11H,5-10H2,1-4H3,(H,20,24)(H2,19,21,22);1H. The van der Waals surface area contributed by atoms with Crippen molar-refractivity contribution in [3.05, 3.63) is 0 Å². The molecular weight excluding hydrogens is 450 g/mol. The quantitative estimate of drug-likeness (QED) is 0.308. The van der Waals surface area contributed by atoms with E-state index in [1.807, 2.05) is 20.8 Å². The van der Waals surface area contributed by atoms with E-state index < -0.39 is 18.1 Å². The van der Waals surface area contributed by atoms with E-state index in [-0.39, 0.29) is 35.9 Å². The van der Waals surface area contributed by atoms with Gasteiger partial charge in [0.05, 0.1) is 12.0 Å². The molecule has 0 aromatic rings. The van der Waals surface area contributed by atoms with E-state index in [0.29, 0.717) is 38.6 Å². The Bertz CT molecular complexity index is 457. The van der Waals surface area contributed by atoms with Crippen molar-refractivity contribution in [1.82, 2.24) is 20.9 Å². The summed E-state index contributed by atoms with van der Waals surface area (Å²) in [5.41, 5.74) is -0.619. The summed E-state index contributed by atoms with van der Waals surface area (Å²) in [6, 6.07) is -0.0915. The number of guanidine groups is 1. The third-order valence-electron chi connectivity index (χ3n) is 3.89. The Morgan fingerprint density at radius 3 is 2.44 bits per heavy atom. The molecule has 0 aliphatic carbocycles. The van der Waals surface area contributed by atoms with E-state index in [1.165, 1.54) is 4.90 Å². The Balaban J connectivity index is 0.00000576. The fraction of sp³-hybridized carbons (Fsp3) is 0.867. The predicted molar refractivity (Wildman–Crippen MR) is 103 cm³/mol. The number of alkyl halides is 3. The zero-order chi connectivity index (χ0) is 18.4. The molecule has 1 heterocycles. The number of aliphatic imine (C=N–C) groups is 1. The molecule has 1 aliphatic heterocycles. The van der Waals surface area contributed by atoms with Gasteiger partial charge in [-0.1, -0.05) is 0 Å². The van der Waals surface area contributed by atoms with Gasteiger partial charge >= 0.3 is 6.18 Å². The highest BCUT2D eigenvalue weighted by Crippen LogP contribution is 2.20. The number of carbonyl (C=O) groups excluding carboxylic acids is 1. The number of hydrogen-bond acceptors (Lipinski definition) is 3. The zero-order valence-electron chi connectivity index (χ0n) is 15.2. The maximum atomic E-state index is 12.4. The van der Waals surface area contributed by atoms with Crippen LogP contribution in [0.2, 0.25) is 0 Å². The van der Waals surface area contributed by atoms with Crippen molar-refractivity contribution < 1.29 is 18.0 Å². The van der Waals surface area contributed by atoms with Crippen LogP contribution in [0.25, 0.3) is 0 Å². The number of halogens is 4. The van der Waals surface area contributed by atoms with E-state index in [0.717, 1.165) is 0 Å². The molecule has 148 valence electrons. The Morgan fingerprint density at radius 2 is 1.92 bits per heavy atom. The smallest absolute Gasteiger partial charge is 0.356 e. The SMILES string of the molecule is CCNC(=O)C(C)(C)CNC(=NC)NC1CCN(CC(F)(F)F)C1.I. The second kappa shape index (κ2) is 10.4. The van der Waals surface area contributed by atoms with Crippen molar-refractivity contribution in [3.63, 3.8) is 0 Å². The lowest BCUT2D eigenvalue weighted by molar-refractivity contribution is -0.143. The number of rotatable bonds is 6. The van der Waals surface area contributed by atoms with Crippen molar-refractivity contribution >= 4 is 35.8 Å². The summed E-state index contributed by atoms with van der Waals surface area (Å²) in [5.74, 6) is 0.427. The van der Waals surface area contributed by atoms with Crippen molar-refractivity contribution in [1.29, 1.82) is 0 Å². The van der Waals surface area contributed by atoms with Crippen LogP contribution >= 0.6 is 24.0 Å². The van der Waals surface area contributed by atoms with Gasteiger partial charge in [0.25, 0.3) is 0 Å². The highest BCUT2D eigenvalue weighted by Gasteiger charge is 2.34.